The zero-order chi connectivity index (χ0) is 25.9. The molecule has 11 nitrogen and oxygen atoms in total. The van der Waals surface area contributed by atoms with E-state index in [0.717, 1.165) is 6.20 Å². The molecule has 4 rings (SSSR count). The first-order chi connectivity index (χ1) is 17.1. The van der Waals surface area contributed by atoms with Crippen LogP contribution in [0.2, 0.25) is 5.02 Å². The maximum Gasteiger partial charge on any atom is 0.239 e. The van der Waals surface area contributed by atoms with Gasteiger partial charge in [-0.3, -0.25) is 10.1 Å². The van der Waals surface area contributed by atoms with Gasteiger partial charge in [-0.1, -0.05) is 11.6 Å². The molecule has 1 saturated heterocycles. The maximum atomic E-state index is 13.3. The van der Waals surface area contributed by atoms with Crippen molar-refractivity contribution in [1.82, 2.24) is 25.1 Å². The summed E-state index contributed by atoms with van der Waals surface area (Å²) in [6, 6.07) is 4.27. The number of hydrogen-bond donors (Lipinski definition) is 3. The fraction of sp³-hybridized carbons (Fsp3) is 0.478. The molecule has 0 radical (unpaired) electrons. The van der Waals surface area contributed by atoms with Gasteiger partial charge < -0.3 is 29.6 Å². The number of aromatic amines is 1. The van der Waals surface area contributed by atoms with E-state index in [2.05, 4.69) is 35.8 Å². The first-order valence-corrected chi connectivity index (χ1v) is 11.8. The third-order valence-electron chi connectivity index (χ3n) is 5.00. The van der Waals surface area contributed by atoms with Gasteiger partial charge >= 0.3 is 0 Å². The van der Waals surface area contributed by atoms with Crippen molar-refractivity contribution in [3.63, 3.8) is 0 Å². The summed E-state index contributed by atoms with van der Waals surface area (Å²) < 4.78 is 36.2. The highest BCUT2D eigenvalue weighted by molar-refractivity contribution is 6.34. The van der Waals surface area contributed by atoms with Gasteiger partial charge in [0.2, 0.25) is 17.7 Å². The van der Waals surface area contributed by atoms with E-state index in [1.807, 2.05) is 34.6 Å². The van der Waals surface area contributed by atoms with E-state index in [-0.39, 0.29) is 47.5 Å². The lowest BCUT2D eigenvalue weighted by Crippen LogP contribution is -2.25. The molecule has 3 aromatic heterocycles. The lowest BCUT2D eigenvalue weighted by molar-refractivity contribution is -0.141. The molecule has 1 aliphatic rings. The van der Waals surface area contributed by atoms with Crippen LogP contribution in [0, 0.1) is 5.82 Å². The van der Waals surface area contributed by atoms with Crippen molar-refractivity contribution in [3.8, 4) is 11.8 Å². The van der Waals surface area contributed by atoms with E-state index >= 15 is 0 Å². The van der Waals surface area contributed by atoms with Crippen LogP contribution in [0.15, 0.2) is 24.4 Å². The average Bonchev–Trinajstić information content (AvgIpc) is 3.39. The molecule has 1 aliphatic heterocycles. The fourth-order valence-corrected chi connectivity index (χ4v) is 3.58. The molecule has 0 aliphatic carbocycles. The lowest BCUT2D eigenvalue weighted by Gasteiger charge is -2.19. The minimum Gasteiger partial charge on any atom is -0.474 e. The van der Waals surface area contributed by atoms with Gasteiger partial charge in [-0.25, -0.2) is 4.39 Å². The summed E-state index contributed by atoms with van der Waals surface area (Å²) in [7, 11) is 0. The Kier molecular flexibility index (Phi) is 7.76. The van der Waals surface area contributed by atoms with Crippen molar-refractivity contribution in [2.45, 2.75) is 58.7 Å². The highest BCUT2D eigenvalue weighted by atomic mass is 35.5. The predicted molar refractivity (Wildman–Crippen MR) is 131 cm³/mol. The molecule has 36 heavy (non-hydrogen) atoms. The monoisotopic (exact) mass is 521 g/mol. The molecule has 3 N–H and O–H groups in total. The predicted octanol–water partition coefficient (Wildman–Crippen LogP) is 4.62. The Hall–Kier alpha value is -3.22. The summed E-state index contributed by atoms with van der Waals surface area (Å²) in [4.78, 5) is 13.0. The van der Waals surface area contributed by atoms with Crippen LogP contribution < -0.4 is 20.1 Å². The molecule has 0 spiro atoms. The molecule has 2 atom stereocenters. The molecule has 0 saturated carbocycles. The number of nitrogens with zero attached hydrogens (tertiary/aromatic N) is 4. The van der Waals surface area contributed by atoms with Crippen LogP contribution in [0.1, 0.15) is 46.4 Å². The van der Waals surface area contributed by atoms with Crippen molar-refractivity contribution in [1.29, 1.82) is 0 Å². The molecule has 0 amide bonds. The second-order valence-corrected chi connectivity index (χ2v) is 9.33. The quantitative estimate of drug-likeness (QED) is 0.347. The van der Waals surface area contributed by atoms with Crippen molar-refractivity contribution >= 4 is 29.2 Å². The number of aromatic nitrogens is 5. The standard InChI is InChI=1S/C23H29ClFN7O4/c1-12(2)35-18-8-17(31-32-18)28-20-19(24)21(33-10-15-11-34-23(4,5)36-15)30-22(29-20)27-13(3)16-7-6-14(25)9-26-16/h6-9,12-13,15H,10-11H2,1-5H3,(H3,27,28,29,30,31,32)/t13-,15+/m0/s1. The number of nitrogens with one attached hydrogen (secondary N) is 3. The normalized spacial score (nSPS) is 17.7. The van der Waals surface area contributed by atoms with Gasteiger partial charge in [0.1, 0.15) is 29.4 Å². The van der Waals surface area contributed by atoms with Gasteiger partial charge in [0.25, 0.3) is 0 Å². The number of rotatable bonds is 10. The molecule has 1 fully saturated rings. The summed E-state index contributed by atoms with van der Waals surface area (Å²) in [5, 5.41) is 13.3. The molecular formula is C23H29ClFN7O4. The Bertz CT molecular complexity index is 1180. The summed E-state index contributed by atoms with van der Waals surface area (Å²) in [5.74, 6) is 0.455. The van der Waals surface area contributed by atoms with Crippen LogP contribution in [0.4, 0.5) is 22.0 Å². The summed E-state index contributed by atoms with van der Waals surface area (Å²) in [6.45, 7) is 9.88. The van der Waals surface area contributed by atoms with E-state index in [1.165, 1.54) is 6.07 Å². The Morgan fingerprint density at radius 2 is 2.08 bits per heavy atom. The molecule has 13 heteroatoms. The van der Waals surface area contributed by atoms with Gasteiger partial charge in [0, 0.05) is 6.07 Å². The first kappa shape index (κ1) is 25.9. The molecule has 3 aromatic rings. The summed E-state index contributed by atoms with van der Waals surface area (Å²) in [5.41, 5.74) is 0.606. The lowest BCUT2D eigenvalue weighted by atomic mass is 10.2. The van der Waals surface area contributed by atoms with Crippen molar-refractivity contribution in [2.75, 3.05) is 23.8 Å². The molecule has 4 heterocycles. The third kappa shape index (κ3) is 6.71. The fourth-order valence-electron chi connectivity index (χ4n) is 3.39. The number of pyridine rings is 1. The van der Waals surface area contributed by atoms with Gasteiger partial charge in [0.05, 0.1) is 30.6 Å². The maximum absolute atomic E-state index is 13.3. The molecule has 0 unspecified atom stereocenters. The third-order valence-corrected chi connectivity index (χ3v) is 5.34. The Morgan fingerprint density at radius 3 is 2.75 bits per heavy atom. The number of hydrogen-bond acceptors (Lipinski definition) is 10. The van der Waals surface area contributed by atoms with E-state index in [4.69, 9.17) is 30.5 Å². The van der Waals surface area contributed by atoms with Crippen LogP contribution in [0.25, 0.3) is 0 Å². The van der Waals surface area contributed by atoms with Gasteiger partial charge in [0.15, 0.2) is 11.6 Å². The molecular weight excluding hydrogens is 493 g/mol. The van der Waals surface area contributed by atoms with Gasteiger partial charge in [-0.15, -0.1) is 5.10 Å². The number of anilines is 3. The van der Waals surface area contributed by atoms with Gasteiger partial charge in [-0.2, -0.15) is 9.97 Å². The first-order valence-electron chi connectivity index (χ1n) is 11.5. The number of halogens is 2. The zero-order valence-electron chi connectivity index (χ0n) is 20.6. The van der Waals surface area contributed by atoms with E-state index in [9.17, 15) is 4.39 Å². The highest BCUT2D eigenvalue weighted by Gasteiger charge is 2.33. The Labute approximate surface area is 213 Å². The SMILES string of the molecule is CC(C)Oc1cc(Nc2nc(N[C@@H](C)c3ccc(F)cn3)nc(OC[C@@H]3COC(C)(C)O3)c2Cl)[nH]n1. The summed E-state index contributed by atoms with van der Waals surface area (Å²) >= 11 is 6.60. The minimum absolute atomic E-state index is 0.0343. The Morgan fingerprint density at radius 1 is 1.28 bits per heavy atom. The zero-order valence-corrected chi connectivity index (χ0v) is 21.4. The second-order valence-electron chi connectivity index (χ2n) is 8.96. The smallest absolute Gasteiger partial charge is 0.239 e. The van der Waals surface area contributed by atoms with Crippen molar-refractivity contribution < 1.29 is 23.3 Å². The van der Waals surface area contributed by atoms with Crippen LogP contribution in [0.5, 0.6) is 11.8 Å². The minimum atomic E-state index is -0.684. The Balaban J connectivity index is 1.56. The highest BCUT2D eigenvalue weighted by Crippen LogP contribution is 2.34. The second kappa shape index (κ2) is 10.8. The largest absolute Gasteiger partial charge is 0.474 e. The van der Waals surface area contributed by atoms with E-state index in [0.29, 0.717) is 24.0 Å². The van der Waals surface area contributed by atoms with Gasteiger partial charge in [-0.05, 0) is 46.8 Å². The van der Waals surface area contributed by atoms with Crippen molar-refractivity contribution in [2.24, 2.45) is 0 Å². The van der Waals surface area contributed by atoms with Crippen LogP contribution in [-0.4, -0.2) is 56.4 Å². The topological polar surface area (TPSA) is 128 Å². The molecule has 0 bridgehead atoms. The van der Waals surface area contributed by atoms with Crippen LogP contribution in [-0.2, 0) is 9.47 Å². The molecule has 194 valence electrons. The van der Waals surface area contributed by atoms with Crippen LogP contribution in [0.3, 0.4) is 0 Å². The van der Waals surface area contributed by atoms with E-state index in [1.54, 1.807) is 12.1 Å². The molecule has 0 aromatic carbocycles. The van der Waals surface area contributed by atoms with Crippen LogP contribution >= 0.6 is 11.6 Å². The number of ether oxygens (including phenoxy) is 4. The number of H-pyrrole nitrogens is 1. The van der Waals surface area contributed by atoms with Crippen molar-refractivity contribution in [3.05, 3.63) is 40.9 Å². The summed E-state index contributed by atoms with van der Waals surface area (Å²) in [6.07, 6.45) is 0.829. The average molecular weight is 522 g/mol. The van der Waals surface area contributed by atoms with E-state index < -0.39 is 11.6 Å².